The van der Waals surface area contributed by atoms with Crippen LogP contribution in [0.5, 0.6) is 0 Å². The predicted molar refractivity (Wildman–Crippen MR) is 80.1 cm³/mol. The van der Waals surface area contributed by atoms with Crippen molar-refractivity contribution in [1.29, 1.82) is 0 Å². The first-order valence-electron chi connectivity index (χ1n) is 6.40. The van der Waals surface area contributed by atoms with Gasteiger partial charge in [0.1, 0.15) is 0 Å². The molecule has 0 aliphatic heterocycles. The van der Waals surface area contributed by atoms with Crippen LogP contribution >= 0.6 is 0 Å². The molecule has 1 aromatic rings. The summed E-state index contributed by atoms with van der Waals surface area (Å²) in [6.45, 7) is 3.20. The highest BCUT2D eigenvalue weighted by Gasteiger charge is 2.31. The van der Waals surface area contributed by atoms with E-state index < -0.39 is 20.6 Å². The summed E-state index contributed by atoms with van der Waals surface area (Å²) in [6.07, 6.45) is 1.58. The lowest BCUT2D eigenvalue weighted by atomic mass is 10.1. The van der Waals surface area contributed by atoms with E-state index in [0.29, 0.717) is 6.42 Å². The minimum absolute atomic E-state index is 0.0488. The van der Waals surface area contributed by atoms with Crippen molar-refractivity contribution in [1.82, 2.24) is 5.32 Å². The number of hydrogen-bond donors (Lipinski definition) is 2. The highest BCUT2D eigenvalue weighted by Crippen LogP contribution is 2.13. The van der Waals surface area contributed by atoms with Crippen LogP contribution in [0.3, 0.4) is 0 Å². The van der Waals surface area contributed by atoms with Gasteiger partial charge in [-0.15, -0.1) is 0 Å². The zero-order valence-electron chi connectivity index (χ0n) is 12.1. The van der Waals surface area contributed by atoms with E-state index in [1.54, 1.807) is 13.8 Å². The van der Waals surface area contributed by atoms with Crippen molar-refractivity contribution in [2.24, 2.45) is 5.73 Å². The number of carbonyl (C=O) groups excluding carboxylic acids is 1. The summed E-state index contributed by atoms with van der Waals surface area (Å²) in [5.41, 5.74) is 6.80. The normalized spacial score (nSPS) is 13.8. The Kier molecular flexibility index (Phi) is 5.30. The standard InChI is InChI=1S/C14H22N2O3S/c1-14(2,20(3,18)19)10-16-13(17)12(15)9-11-7-5-4-6-8-11/h4-8,12H,9-10,15H2,1-3H3,(H,16,17)/t12-/m0/s1. The van der Waals surface area contributed by atoms with Crippen LogP contribution in [-0.4, -0.2) is 37.9 Å². The Balaban J connectivity index is 2.55. The van der Waals surface area contributed by atoms with E-state index in [1.165, 1.54) is 0 Å². The lowest BCUT2D eigenvalue weighted by Crippen LogP contribution is -2.49. The Morgan fingerprint density at radius 2 is 1.85 bits per heavy atom. The summed E-state index contributed by atoms with van der Waals surface area (Å²) >= 11 is 0. The molecule has 5 nitrogen and oxygen atoms in total. The van der Waals surface area contributed by atoms with E-state index in [4.69, 9.17) is 5.73 Å². The first-order chi connectivity index (χ1) is 9.13. The second-order valence-corrected chi connectivity index (χ2v) is 8.20. The van der Waals surface area contributed by atoms with E-state index in [9.17, 15) is 13.2 Å². The summed E-state index contributed by atoms with van der Waals surface area (Å²) in [5.74, 6) is -0.342. The summed E-state index contributed by atoms with van der Waals surface area (Å²) < 4.78 is 22.1. The third kappa shape index (κ3) is 4.61. The molecule has 0 heterocycles. The molecule has 1 atom stereocenters. The number of nitrogens with two attached hydrogens (primary N) is 1. The summed E-state index contributed by atoms with van der Waals surface area (Å²) in [6, 6.07) is 8.76. The number of sulfone groups is 1. The Morgan fingerprint density at radius 1 is 1.30 bits per heavy atom. The molecular formula is C14H22N2O3S. The molecule has 6 heteroatoms. The maximum atomic E-state index is 11.9. The van der Waals surface area contributed by atoms with E-state index in [0.717, 1.165) is 11.8 Å². The zero-order chi connectivity index (χ0) is 15.4. The number of rotatable bonds is 6. The first kappa shape index (κ1) is 16.7. The fraction of sp³-hybridized carbons (Fsp3) is 0.500. The monoisotopic (exact) mass is 298 g/mol. The number of carbonyl (C=O) groups is 1. The molecule has 112 valence electrons. The molecular weight excluding hydrogens is 276 g/mol. The smallest absolute Gasteiger partial charge is 0.237 e. The number of amides is 1. The minimum Gasteiger partial charge on any atom is -0.353 e. The van der Waals surface area contributed by atoms with Gasteiger partial charge in [-0.1, -0.05) is 30.3 Å². The molecule has 0 unspecified atom stereocenters. The second kappa shape index (κ2) is 6.37. The van der Waals surface area contributed by atoms with Crippen LogP contribution in [0.25, 0.3) is 0 Å². The Labute approximate surface area is 120 Å². The van der Waals surface area contributed by atoms with E-state index in [-0.39, 0.29) is 12.5 Å². The van der Waals surface area contributed by atoms with Crippen LogP contribution in [0.4, 0.5) is 0 Å². The fourth-order valence-electron chi connectivity index (χ4n) is 1.52. The molecule has 0 saturated heterocycles. The predicted octanol–water partition coefficient (Wildman–Crippen LogP) is 0.496. The van der Waals surface area contributed by atoms with Crippen molar-refractivity contribution in [2.75, 3.05) is 12.8 Å². The van der Waals surface area contributed by atoms with Gasteiger partial charge < -0.3 is 11.1 Å². The molecule has 0 spiro atoms. The Morgan fingerprint density at radius 3 is 2.35 bits per heavy atom. The molecule has 0 fully saturated rings. The van der Waals surface area contributed by atoms with E-state index in [2.05, 4.69) is 5.32 Å². The maximum absolute atomic E-state index is 11.9. The highest BCUT2D eigenvalue weighted by atomic mass is 32.2. The van der Waals surface area contributed by atoms with Gasteiger partial charge in [0.15, 0.2) is 9.84 Å². The van der Waals surface area contributed by atoms with Gasteiger partial charge in [0, 0.05) is 12.8 Å². The third-order valence-electron chi connectivity index (χ3n) is 3.33. The zero-order valence-corrected chi connectivity index (χ0v) is 12.9. The maximum Gasteiger partial charge on any atom is 0.237 e. The van der Waals surface area contributed by atoms with E-state index in [1.807, 2.05) is 30.3 Å². The minimum atomic E-state index is -3.24. The Bertz CT molecular complexity index is 553. The van der Waals surface area contributed by atoms with Gasteiger partial charge in [0.2, 0.25) is 5.91 Å². The lowest BCUT2D eigenvalue weighted by Gasteiger charge is -2.23. The number of benzene rings is 1. The fourth-order valence-corrected chi connectivity index (χ4v) is 1.86. The first-order valence-corrected chi connectivity index (χ1v) is 8.29. The van der Waals surface area contributed by atoms with Crippen LogP contribution in [0, 0.1) is 0 Å². The molecule has 20 heavy (non-hydrogen) atoms. The number of hydrogen-bond acceptors (Lipinski definition) is 4. The van der Waals surface area contributed by atoms with Crippen LogP contribution in [0.1, 0.15) is 19.4 Å². The van der Waals surface area contributed by atoms with E-state index >= 15 is 0 Å². The average Bonchev–Trinajstić information content (AvgIpc) is 2.35. The molecule has 3 N–H and O–H groups in total. The molecule has 0 aliphatic rings. The van der Waals surface area contributed by atoms with Crippen LogP contribution in [-0.2, 0) is 21.1 Å². The number of nitrogens with one attached hydrogen (secondary N) is 1. The van der Waals surface area contributed by atoms with Crippen molar-refractivity contribution in [2.45, 2.75) is 31.1 Å². The largest absolute Gasteiger partial charge is 0.353 e. The van der Waals surface area contributed by atoms with Gasteiger partial charge in [0.25, 0.3) is 0 Å². The van der Waals surface area contributed by atoms with Crippen molar-refractivity contribution in [3.8, 4) is 0 Å². The summed E-state index contributed by atoms with van der Waals surface area (Å²) in [4.78, 5) is 11.9. The molecule has 1 amide bonds. The molecule has 0 radical (unpaired) electrons. The van der Waals surface area contributed by atoms with Crippen molar-refractivity contribution in [3.05, 3.63) is 35.9 Å². The molecule has 0 aliphatic carbocycles. The quantitative estimate of drug-likeness (QED) is 0.800. The Hall–Kier alpha value is -1.40. The highest BCUT2D eigenvalue weighted by molar-refractivity contribution is 7.92. The summed E-state index contributed by atoms with van der Waals surface area (Å²) in [5, 5.41) is 2.61. The van der Waals surface area contributed by atoms with Crippen LogP contribution in [0.15, 0.2) is 30.3 Å². The van der Waals surface area contributed by atoms with Gasteiger partial charge in [-0.25, -0.2) is 8.42 Å². The van der Waals surface area contributed by atoms with Gasteiger partial charge in [-0.2, -0.15) is 0 Å². The van der Waals surface area contributed by atoms with Crippen LogP contribution in [0.2, 0.25) is 0 Å². The van der Waals surface area contributed by atoms with Crippen molar-refractivity contribution >= 4 is 15.7 Å². The van der Waals surface area contributed by atoms with Crippen LogP contribution < -0.4 is 11.1 Å². The SMILES string of the molecule is CC(C)(CNC(=O)[C@@H](N)Cc1ccccc1)S(C)(=O)=O. The molecule has 0 saturated carbocycles. The van der Waals surface area contributed by atoms with Gasteiger partial charge in [-0.3, -0.25) is 4.79 Å². The molecule has 0 bridgehead atoms. The van der Waals surface area contributed by atoms with Gasteiger partial charge in [0.05, 0.1) is 10.8 Å². The molecule has 1 rings (SSSR count). The molecule has 1 aromatic carbocycles. The third-order valence-corrected chi connectivity index (χ3v) is 5.48. The topological polar surface area (TPSA) is 89.3 Å². The van der Waals surface area contributed by atoms with Gasteiger partial charge >= 0.3 is 0 Å². The van der Waals surface area contributed by atoms with Gasteiger partial charge in [-0.05, 0) is 25.8 Å². The molecule has 0 aromatic heterocycles. The van der Waals surface area contributed by atoms with Crippen molar-refractivity contribution in [3.63, 3.8) is 0 Å². The second-order valence-electron chi connectivity index (χ2n) is 5.55. The average molecular weight is 298 g/mol. The summed E-state index contributed by atoms with van der Waals surface area (Å²) in [7, 11) is -3.24. The lowest BCUT2D eigenvalue weighted by molar-refractivity contribution is -0.122. The van der Waals surface area contributed by atoms with Crippen molar-refractivity contribution < 1.29 is 13.2 Å².